The summed E-state index contributed by atoms with van der Waals surface area (Å²) in [6.07, 6.45) is 3.40. The maximum atomic E-state index is 5.17. The lowest BCUT2D eigenvalue weighted by Crippen LogP contribution is -1.82. The molecule has 3 aromatic rings. The molecule has 0 N–H and O–H groups in total. The first-order chi connectivity index (χ1) is 8.33. The zero-order valence-electron chi connectivity index (χ0n) is 8.99. The van der Waals surface area contributed by atoms with Crippen LogP contribution in [0.15, 0.2) is 34.4 Å². The normalized spacial score (nSPS) is 10.6. The topological polar surface area (TPSA) is 64.7 Å². The summed E-state index contributed by atoms with van der Waals surface area (Å²) in [6, 6.07) is 3.71. The number of aromatic nitrogens is 4. The molecule has 17 heavy (non-hydrogen) atoms. The third kappa shape index (κ3) is 1.94. The van der Waals surface area contributed by atoms with Gasteiger partial charge in [0.25, 0.3) is 5.89 Å². The number of hydrogen-bond donors (Lipinski definition) is 0. The van der Waals surface area contributed by atoms with Crippen molar-refractivity contribution in [2.24, 2.45) is 0 Å². The molecule has 0 bridgehead atoms. The highest BCUT2D eigenvalue weighted by Crippen LogP contribution is 2.22. The van der Waals surface area contributed by atoms with Crippen molar-refractivity contribution in [3.05, 3.63) is 34.9 Å². The third-order valence-electron chi connectivity index (χ3n) is 2.18. The Hall–Kier alpha value is -2.08. The van der Waals surface area contributed by atoms with E-state index in [2.05, 4.69) is 20.1 Å². The lowest BCUT2D eigenvalue weighted by atomic mass is 10.3. The van der Waals surface area contributed by atoms with Crippen molar-refractivity contribution in [1.82, 2.24) is 20.1 Å². The maximum absolute atomic E-state index is 5.17. The van der Waals surface area contributed by atoms with Crippen LogP contribution in [0, 0.1) is 6.92 Å². The standard InChI is InChI=1S/C11H8N4OS/c1-7-13-9(6-17-7)11-14-10(15-16-11)8-3-2-4-12-5-8/h2-6H,1H3. The molecule has 0 aliphatic heterocycles. The highest BCUT2D eigenvalue weighted by molar-refractivity contribution is 7.09. The Labute approximate surface area is 101 Å². The maximum Gasteiger partial charge on any atom is 0.277 e. The number of hydrogen-bond acceptors (Lipinski definition) is 6. The molecule has 0 saturated heterocycles. The number of thiazole rings is 1. The Balaban J connectivity index is 1.99. The van der Waals surface area contributed by atoms with E-state index in [1.165, 1.54) is 0 Å². The minimum absolute atomic E-state index is 0.438. The molecule has 3 rings (SSSR count). The molecule has 0 saturated carbocycles. The van der Waals surface area contributed by atoms with Crippen molar-refractivity contribution >= 4 is 11.3 Å². The van der Waals surface area contributed by atoms with Crippen LogP contribution in [-0.2, 0) is 0 Å². The van der Waals surface area contributed by atoms with Gasteiger partial charge < -0.3 is 4.52 Å². The van der Waals surface area contributed by atoms with E-state index in [1.807, 2.05) is 24.4 Å². The zero-order chi connectivity index (χ0) is 11.7. The molecule has 0 radical (unpaired) electrons. The van der Waals surface area contributed by atoms with Crippen LogP contribution in [0.5, 0.6) is 0 Å². The Morgan fingerprint density at radius 2 is 2.24 bits per heavy atom. The van der Waals surface area contributed by atoms with Gasteiger partial charge in [0, 0.05) is 23.3 Å². The fourth-order valence-corrected chi connectivity index (χ4v) is 1.99. The number of pyridine rings is 1. The molecule has 5 nitrogen and oxygen atoms in total. The predicted molar refractivity (Wildman–Crippen MR) is 63.4 cm³/mol. The molecular formula is C11H8N4OS. The van der Waals surface area contributed by atoms with E-state index in [9.17, 15) is 0 Å². The average molecular weight is 244 g/mol. The molecule has 84 valence electrons. The molecule has 6 heteroatoms. The van der Waals surface area contributed by atoms with Crippen LogP contribution in [0.1, 0.15) is 5.01 Å². The molecule has 0 aromatic carbocycles. The molecule has 0 unspecified atom stereocenters. The van der Waals surface area contributed by atoms with E-state index in [4.69, 9.17) is 4.52 Å². The fraction of sp³-hybridized carbons (Fsp3) is 0.0909. The quantitative estimate of drug-likeness (QED) is 0.693. The van der Waals surface area contributed by atoms with Crippen molar-refractivity contribution < 1.29 is 4.52 Å². The molecule has 0 spiro atoms. The van der Waals surface area contributed by atoms with Gasteiger partial charge in [0.15, 0.2) is 0 Å². The number of nitrogens with zero attached hydrogens (tertiary/aromatic N) is 4. The highest BCUT2D eigenvalue weighted by Gasteiger charge is 2.12. The van der Waals surface area contributed by atoms with Crippen molar-refractivity contribution in [3.63, 3.8) is 0 Å². The van der Waals surface area contributed by atoms with Gasteiger partial charge in [-0.1, -0.05) is 5.16 Å². The summed E-state index contributed by atoms with van der Waals surface area (Å²) in [4.78, 5) is 12.6. The van der Waals surface area contributed by atoms with Gasteiger partial charge in [-0.05, 0) is 19.1 Å². The first-order valence-electron chi connectivity index (χ1n) is 4.99. The summed E-state index contributed by atoms with van der Waals surface area (Å²) in [5.74, 6) is 0.965. The Morgan fingerprint density at radius 1 is 1.29 bits per heavy atom. The SMILES string of the molecule is Cc1nc(-c2nc(-c3cccnc3)no2)cs1. The van der Waals surface area contributed by atoms with Crippen LogP contribution in [-0.4, -0.2) is 20.1 Å². The summed E-state index contributed by atoms with van der Waals surface area (Å²) < 4.78 is 5.17. The van der Waals surface area contributed by atoms with Crippen molar-refractivity contribution in [2.45, 2.75) is 6.92 Å². The summed E-state index contributed by atoms with van der Waals surface area (Å²) in [5.41, 5.74) is 1.55. The smallest absolute Gasteiger partial charge is 0.277 e. The third-order valence-corrected chi connectivity index (χ3v) is 2.96. The monoisotopic (exact) mass is 244 g/mol. The minimum atomic E-state index is 0.438. The average Bonchev–Trinajstić information content (AvgIpc) is 2.98. The molecule has 0 amide bonds. The predicted octanol–water partition coefficient (Wildman–Crippen LogP) is 2.56. The van der Waals surface area contributed by atoms with Gasteiger partial charge >= 0.3 is 0 Å². The van der Waals surface area contributed by atoms with Gasteiger partial charge in [-0.2, -0.15) is 4.98 Å². The van der Waals surface area contributed by atoms with E-state index in [0.29, 0.717) is 11.7 Å². The molecule has 0 fully saturated rings. The van der Waals surface area contributed by atoms with Crippen molar-refractivity contribution in [1.29, 1.82) is 0 Å². The van der Waals surface area contributed by atoms with E-state index < -0.39 is 0 Å². The molecule has 3 heterocycles. The van der Waals surface area contributed by atoms with Gasteiger partial charge in [-0.15, -0.1) is 11.3 Å². The molecule has 0 aliphatic rings. The van der Waals surface area contributed by atoms with E-state index in [-0.39, 0.29) is 0 Å². The largest absolute Gasteiger partial charge is 0.332 e. The number of rotatable bonds is 2. The van der Waals surface area contributed by atoms with E-state index >= 15 is 0 Å². The second kappa shape index (κ2) is 4.06. The fourth-order valence-electron chi connectivity index (χ4n) is 1.40. The van der Waals surface area contributed by atoms with Crippen molar-refractivity contribution in [3.8, 4) is 23.0 Å². The van der Waals surface area contributed by atoms with Crippen molar-refractivity contribution in [2.75, 3.05) is 0 Å². The van der Waals surface area contributed by atoms with E-state index in [1.54, 1.807) is 23.7 Å². The summed E-state index contributed by atoms with van der Waals surface area (Å²) in [7, 11) is 0. The first-order valence-corrected chi connectivity index (χ1v) is 5.87. The number of aryl methyl sites for hydroxylation is 1. The summed E-state index contributed by atoms with van der Waals surface area (Å²) in [6.45, 7) is 1.94. The second-order valence-electron chi connectivity index (χ2n) is 3.42. The highest BCUT2D eigenvalue weighted by atomic mass is 32.1. The Morgan fingerprint density at radius 3 is 2.94 bits per heavy atom. The van der Waals surface area contributed by atoms with Crippen LogP contribution in [0.3, 0.4) is 0 Å². The van der Waals surface area contributed by atoms with Gasteiger partial charge in [-0.25, -0.2) is 4.98 Å². The van der Waals surface area contributed by atoms with Crippen LogP contribution < -0.4 is 0 Å². The van der Waals surface area contributed by atoms with Gasteiger partial charge in [0.1, 0.15) is 5.69 Å². The van der Waals surface area contributed by atoms with Gasteiger partial charge in [0.05, 0.1) is 5.01 Å². The molecule has 3 aromatic heterocycles. The van der Waals surface area contributed by atoms with E-state index in [0.717, 1.165) is 16.3 Å². The second-order valence-corrected chi connectivity index (χ2v) is 4.48. The van der Waals surface area contributed by atoms with Crippen LogP contribution >= 0.6 is 11.3 Å². The van der Waals surface area contributed by atoms with Crippen LogP contribution in [0.2, 0.25) is 0 Å². The Kier molecular flexibility index (Phi) is 2.41. The van der Waals surface area contributed by atoms with Gasteiger partial charge in [0.2, 0.25) is 5.82 Å². The van der Waals surface area contributed by atoms with Crippen LogP contribution in [0.25, 0.3) is 23.0 Å². The summed E-state index contributed by atoms with van der Waals surface area (Å²) >= 11 is 1.55. The molecule has 0 aliphatic carbocycles. The minimum Gasteiger partial charge on any atom is -0.332 e. The lowest BCUT2D eigenvalue weighted by molar-refractivity contribution is 0.431. The zero-order valence-corrected chi connectivity index (χ0v) is 9.81. The first kappa shape index (κ1) is 10.1. The Bertz CT molecular complexity index is 632. The van der Waals surface area contributed by atoms with Gasteiger partial charge in [-0.3, -0.25) is 4.98 Å². The molecule has 0 atom stereocenters. The summed E-state index contributed by atoms with van der Waals surface area (Å²) in [5, 5.41) is 6.78. The lowest BCUT2D eigenvalue weighted by Gasteiger charge is -1.89. The van der Waals surface area contributed by atoms with Crippen LogP contribution in [0.4, 0.5) is 0 Å². The molecular weight excluding hydrogens is 236 g/mol.